The molecule has 2 aromatic rings. The Kier molecular flexibility index (Phi) is 3.00. The lowest BCUT2D eigenvalue weighted by molar-refractivity contribution is 0.140. The second-order valence-corrected chi connectivity index (χ2v) is 3.38. The zero-order valence-electron chi connectivity index (χ0n) is 8.96. The molecule has 16 heavy (non-hydrogen) atoms. The molecule has 0 atom stereocenters. The molecule has 0 amide bonds. The van der Waals surface area contributed by atoms with Crippen molar-refractivity contribution in [2.24, 2.45) is 0 Å². The van der Waals surface area contributed by atoms with Gasteiger partial charge in [-0.15, -0.1) is 0 Å². The van der Waals surface area contributed by atoms with E-state index in [9.17, 15) is 4.79 Å². The van der Waals surface area contributed by atoms with Gasteiger partial charge in [0, 0.05) is 12.4 Å². The smallest absolute Gasteiger partial charge is 0.419 e. The normalized spacial score (nSPS) is 10.1. The van der Waals surface area contributed by atoms with Gasteiger partial charge >= 0.3 is 6.09 Å². The standard InChI is InChI=1S/C12H12N2O2/c1-10-13-7-8-14(10)12(15)16-9-11-5-3-2-4-6-11/h2-8H,9H2,1H3. The number of nitrogens with zero attached hydrogens (tertiary/aromatic N) is 2. The Morgan fingerprint density at radius 3 is 2.75 bits per heavy atom. The van der Waals surface area contributed by atoms with Crippen LogP contribution in [0.1, 0.15) is 11.4 Å². The first-order valence-electron chi connectivity index (χ1n) is 4.98. The highest BCUT2D eigenvalue weighted by molar-refractivity contribution is 5.70. The summed E-state index contributed by atoms with van der Waals surface area (Å²) >= 11 is 0. The summed E-state index contributed by atoms with van der Waals surface area (Å²) in [5, 5.41) is 0. The van der Waals surface area contributed by atoms with E-state index >= 15 is 0 Å². The summed E-state index contributed by atoms with van der Waals surface area (Å²) in [6.07, 6.45) is 2.75. The van der Waals surface area contributed by atoms with Gasteiger partial charge in [0.2, 0.25) is 0 Å². The fraction of sp³-hybridized carbons (Fsp3) is 0.167. The minimum Gasteiger partial charge on any atom is -0.444 e. The largest absolute Gasteiger partial charge is 0.444 e. The van der Waals surface area contributed by atoms with E-state index in [0.717, 1.165) is 5.56 Å². The third-order valence-electron chi connectivity index (χ3n) is 2.23. The van der Waals surface area contributed by atoms with Crippen LogP contribution < -0.4 is 0 Å². The van der Waals surface area contributed by atoms with Crippen LogP contribution in [0.5, 0.6) is 0 Å². The molecule has 0 aliphatic heterocycles. The fourth-order valence-corrected chi connectivity index (χ4v) is 1.36. The van der Waals surface area contributed by atoms with Gasteiger partial charge < -0.3 is 4.74 Å². The molecule has 0 radical (unpaired) electrons. The Morgan fingerprint density at radius 2 is 2.12 bits per heavy atom. The number of carbonyl (C=O) groups excluding carboxylic acids is 1. The maximum atomic E-state index is 11.6. The first-order chi connectivity index (χ1) is 7.77. The Bertz CT molecular complexity index is 477. The number of imidazole rings is 1. The molecule has 0 aliphatic rings. The summed E-state index contributed by atoms with van der Waals surface area (Å²) in [5.74, 6) is 0.623. The highest BCUT2D eigenvalue weighted by Crippen LogP contribution is 2.03. The molecule has 1 aromatic heterocycles. The zero-order chi connectivity index (χ0) is 11.4. The molecule has 0 unspecified atom stereocenters. The molecule has 2 rings (SSSR count). The van der Waals surface area contributed by atoms with Crippen molar-refractivity contribution < 1.29 is 9.53 Å². The van der Waals surface area contributed by atoms with Gasteiger partial charge in [0.15, 0.2) is 0 Å². The number of aromatic nitrogens is 2. The molecule has 0 N–H and O–H groups in total. The first kappa shape index (κ1) is 10.4. The number of benzene rings is 1. The molecule has 4 nitrogen and oxygen atoms in total. The van der Waals surface area contributed by atoms with Gasteiger partial charge in [-0.2, -0.15) is 0 Å². The number of hydrogen-bond donors (Lipinski definition) is 0. The molecule has 0 spiro atoms. The van der Waals surface area contributed by atoms with Crippen molar-refractivity contribution in [3.05, 3.63) is 54.1 Å². The quantitative estimate of drug-likeness (QED) is 0.774. The molecule has 82 valence electrons. The molecule has 1 aromatic carbocycles. The molecule has 0 fully saturated rings. The van der Waals surface area contributed by atoms with Crippen LogP contribution in [0.3, 0.4) is 0 Å². The Morgan fingerprint density at radius 1 is 1.38 bits per heavy atom. The van der Waals surface area contributed by atoms with Crippen molar-refractivity contribution >= 4 is 6.09 Å². The Balaban J connectivity index is 1.97. The van der Waals surface area contributed by atoms with Crippen LogP contribution >= 0.6 is 0 Å². The van der Waals surface area contributed by atoms with Gasteiger partial charge in [0.1, 0.15) is 12.4 Å². The van der Waals surface area contributed by atoms with E-state index in [0.29, 0.717) is 5.82 Å². The maximum absolute atomic E-state index is 11.6. The van der Waals surface area contributed by atoms with Crippen LogP contribution in [-0.4, -0.2) is 15.6 Å². The van der Waals surface area contributed by atoms with Gasteiger partial charge in [-0.25, -0.2) is 14.3 Å². The Hall–Kier alpha value is -2.10. The van der Waals surface area contributed by atoms with Crippen LogP contribution in [0.15, 0.2) is 42.7 Å². The third-order valence-corrected chi connectivity index (χ3v) is 2.23. The highest BCUT2D eigenvalue weighted by atomic mass is 16.5. The van der Waals surface area contributed by atoms with Gasteiger partial charge in [-0.05, 0) is 12.5 Å². The molecule has 1 heterocycles. The predicted molar refractivity (Wildman–Crippen MR) is 59.0 cm³/mol. The second kappa shape index (κ2) is 4.61. The lowest BCUT2D eigenvalue weighted by atomic mass is 10.2. The topological polar surface area (TPSA) is 44.1 Å². The van der Waals surface area contributed by atoms with E-state index < -0.39 is 6.09 Å². The second-order valence-electron chi connectivity index (χ2n) is 3.38. The summed E-state index contributed by atoms with van der Waals surface area (Å²) < 4.78 is 6.52. The summed E-state index contributed by atoms with van der Waals surface area (Å²) in [6.45, 7) is 2.03. The Labute approximate surface area is 93.5 Å². The van der Waals surface area contributed by atoms with Crippen LogP contribution in [0, 0.1) is 6.92 Å². The summed E-state index contributed by atoms with van der Waals surface area (Å²) in [6, 6.07) is 9.56. The van der Waals surface area contributed by atoms with E-state index in [4.69, 9.17) is 4.74 Å². The van der Waals surface area contributed by atoms with E-state index in [-0.39, 0.29) is 6.61 Å². The minimum absolute atomic E-state index is 0.275. The summed E-state index contributed by atoms with van der Waals surface area (Å²) in [7, 11) is 0. The average Bonchev–Trinajstić information content (AvgIpc) is 2.74. The van der Waals surface area contributed by atoms with Crippen molar-refractivity contribution in [2.75, 3.05) is 0 Å². The van der Waals surface area contributed by atoms with Gasteiger partial charge in [0.05, 0.1) is 0 Å². The highest BCUT2D eigenvalue weighted by Gasteiger charge is 2.08. The number of hydrogen-bond acceptors (Lipinski definition) is 3. The number of rotatable bonds is 2. The molecule has 0 saturated heterocycles. The molecule has 4 heteroatoms. The summed E-state index contributed by atoms with van der Waals surface area (Å²) in [5.41, 5.74) is 0.966. The molecule has 0 bridgehead atoms. The third kappa shape index (κ3) is 2.28. The van der Waals surface area contributed by atoms with Gasteiger partial charge in [0.25, 0.3) is 0 Å². The van der Waals surface area contributed by atoms with Crippen molar-refractivity contribution in [1.29, 1.82) is 0 Å². The van der Waals surface area contributed by atoms with Crippen LogP contribution in [0.25, 0.3) is 0 Å². The molecule has 0 saturated carbocycles. The van der Waals surface area contributed by atoms with Crippen LogP contribution in [0.4, 0.5) is 4.79 Å². The lowest BCUT2D eigenvalue weighted by Gasteiger charge is -2.05. The monoisotopic (exact) mass is 216 g/mol. The summed E-state index contributed by atoms with van der Waals surface area (Å²) in [4.78, 5) is 15.6. The zero-order valence-corrected chi connectivity index (χ0v) is 8.96. The minimum atomic E-state index is -0.404. The maximum Gasteiger partial charge on any atom is 0.419 e. The predicted octanol–water partition coefficient (Wildman–Crippen LogP) is 2.38. The number of carbonyl (C=O) groups is 1. The van der Waals surface area contributed by atoms with E-state index in [2.05, 4.69) is 4.98 Å². The lowest BCUT2D eigenvalue weighted by Crippen LogP contribution is -2.14. The molecular formula is C12H12N2O2. The van der Waals surface area contributed by atoms with Crippen molar-refractivity contribution in [3.63, 3.8) is 0 Å². The average molecular weight is 216 g/mol. The van der Waals surface area contributed by atoms with Gasteiger partial charge in [-0.1, -0.05) is 30.3 Å². The van der Waals surface area contributed by atoms with E-state index in [1.807, 2.05) is 30.3 Å². The van der Waals surface area contributed by atoms with Crippen molar-refractivity contribution in [2.45, 2.75) is 13.5 Å². The number of ether oxygens (including phenoxy) is 1. The first-order valence-corrected chi connectivity index (χ1v) is 4.98. The number of aryl methyl sites for hydroxylation is 1. The van der Waals surface area contributed by atoms with Crippen molar-refractivity contribution in [1.82, 2.24) is 9.55 Å². The van der Waals surface area contributed by atoms with Gasteiger partial charge in [-0.3, -0.25) is 0 Å². The van der Waals surface area contributed by atoms with Crippen LogP contribution in [-0.2, 0) is 11.3 Å². The fourth-order valence-electron chi connectivity index (χ4n) is 1.36. The van der Waals surface area contributed by atoms with E-state index in [1.165, 1.54) is 4.57 Å². The van der Waals surface area contributed by atoms with Crippen LogP contribution in [0.2, 0.25) is 0 Å². The van der Waals surface area contributed by atoms with Crippen molar-refractivity contribution in [3.8, 4) is 0 Å². The SMILES string of the molecule is Cc1nccn1C(=O)OCc1ccccc1. The molecular weight excluding hydrogens is 204 g/mol. The molecule has 0 aliphatic carbocycles. The van der Waals surface area contributed by atoms with E-state index in [1.54, 1.807) is 19.3 Å².